The van der Waals surface area contributed by atoms with Crippen LogP contribution >= 0.6 is 0 Å². The maximum atomic E-state index is 15.6. The van der Waals surface area contributed by atoms with Crippen molar-refractivity contribution in [3.8, 4) is 0 Å². The maximum absolute atomic E-state index is 15.6. The lowest BCUT2D eigenvalue weighted by atomic mass is 10.1. The minimum atomic E-state index is -0.337. The van der Waals surface area contributed by atoms with Crippen LogP contribution < -0.4 is 19.6 Å². The molecule has 0 atom stereocenters. The van der Waals surface area contributed by atoms with Crippen molar-refractivity contribution in [1.29, 1.82) is 0 Å². The van der Waals surface area contributed by atoms with Gasteiger partial charge in [-0.2, -0.15) is 14.4 Å². The van der Waals surface area contributed by atoms with Gasteiger partial charge in [0.1, 0.15) is 0 Å². The molecule has 0 N–H and O–H groups in total. The molecule has 1 aromatic carbocycles. The fourth-order valence-corrected chi connectivity index (χ4v) is 4.75. The van der Waals surface area contributed by atoms with E-state index in [0.717, 1.165) is 26.2 Å². The largest absolute Gasteiger partial charge is 0.378 e. The average molecular weight is 457 g/mol. The lowest BCUT2D eigenvalue weighted by Crippen LogP contribution is -2.48. The van der Waals surface area contributed by atoms with E-state index in [-0.39, 0.29) is 5.82 Å². The minimum absolute atomic E-state index is 0.337. The summed E-state index contributed by atoms with van der Waals surface area (Å²) < 4.78 is 26.6. The summed E-state index contributed by atoms with van der Waals surface area (Å²) in [6, 6.07) is 6.47. The standard InChI is InChI=1S/C24H33FN6O2/c1-18-4-3-5-20(19(18)2)28-6-8-31(9-7-28)24-26-22(29-10-14-32-15-11-29)21(25)23(27-24)30-12-16-33-17-13-30/h3-5H,6-17H2,1-2H3. The first-order chi connectivity index (χ1) is 16.1. The molecule has 0 radical (unpaired) electrons. The second kappa shape index (κ2) is 9.69. The van der Waals surface area contributed by atoms with Gasteiger partial charge in [0.05, 0.1) is 26.4 Å². The number of nitrogens with zero attached hydrogens (tertiary/aromatic N) is 6. The smallest absolute Gasteiger partial charge is 0.229 e. The number of anilines is 4. The fourth-order valence-electron chi connectivity index (χ4n) is 4.75. The van der Waals surface area contributed by atoms with Crippen molar-refractivity contribution in [2.45, 2.75) is 13.8 Å². The van der Waals surface area contributed by atoms with Crippen molar-refractivity contribution in [3.05, 3.63) is 35.1 Å². The van der Waals surface area contributed by atoms with Gasteiger partial charge in [-0.05, 0) is 31.0 Å². The first-order valence-electron chi connectivity index (χ1n) is 11.9. The van der Waals surface area contributed by atoms with Gasteiger partial charge in [0.2, 0.25) is 11.8 Å². The van der Waals surface area contributed by atoms with Crippen molar-refractivity contribution in [2.24, 2.45) is 0 Å². The molecule has 5 rings (SSSR count). The van der Waals surface area contributed by atoms with Gasteiger partial charge in [-0.25, -0.2) is 0 Å². The maximum Gasteiger partial charge on any atom is 0.229 e. The molecule has 3 saturated heterocycles. The first kappa shape index (κ1) is 22.2. The molecule has 9 heteroatoms. The Balaban J connectivity index is 1.40. The summed E-state index contributed by atoms with van der Waals surface area (Å²) in [4.78, 5) is 18.1. The van der Waals surface area contributed by atoms with Crippen molar-refractivity contribution >= 4 is 23.3 Å². The predicted octanol–water partition coefficient (Wildman–Crippen LogP) is 2.23. The Morgan fingerprint density at radius 3 is 1.76 bits per heavy atom. The lowest BCUT2D eigenvalue weighted by molar-refractivity contribution is 0.121. The number of aryl methyl sites for hydroxylation is 1. The molecule has 1 aromatic heterocycles. The van der Waals surface area contributed by atoms with Crippen LogP contribution in [-0.2, 0) is 9.47 Å². The highest BCUT2D eigenvalue weighted by atomic mass is 19.1. The number of hydrogen-bond donors (Lipinski definition) is 0. The van der Waals surface area contributed by atoms with E-state index in [1.54, 1.807) is 0 Å². The van der Waals surface area contributed by atoms with Crippen LogP contribution in [0.4, 0.5) is 27.7 Å². The van der Waals surface area contributed by atoms with Crippen molar-refractivity contribution < 1.29 is 13.9 Å². The van der Waals surface area contributed by atoms with E-state index in [1.807, 2.05) is 9.80 Å². The van der Waals surface area contributed by atoms with E-state index < -0.39 is 0 Å². The number of hydrogen-bond acceptors (Lipinski definition) is 8. The van der Waals surface area contributed by atoms with E-state index in [1.165, 1.54) is 16.8 Å². The van der Waals surface area contributed by atoms with E-state index in [2.05, 4.69) is 41.8 Å². The Hall–Kier alpha value is -2.65. The third kappa shape index (κ3) is 4.56. The molecule has 0 amide bonds. The SMILES string of the molecule is Cc1cccc(N2CCN(c3nc(N4CCOCC4)c(F)c(N4CCOCC4)n3)CC2)c1C. The Morgan fingerprint density at radius 1 is 0.697 bits per heavy atom. The lowest BCUT2D eigenvalue weighted by Gasteiger charge is -2.38. The summed E-state index contributed by atoms with van der Waals surface area (Å²) in [5.74, 6) is 1.06. The van der Waals surface area contributed by atoms with Crippen LogP contribution in [0.3, 0.4) is 0 Å². The van der Waals surface area contributed by atoms with Crippen molar-refractivity contribution in [3.63, 3.8) is 0 Å². The van der Waals surface area contributed by atoms with Gasteiger partial charge < -0.3 is 29.1 Å². The molecule has 0 bridgehead atoms. The van der Waals surface area contributed by atoms with Crippen LogP contribution in [0, 0.1) is 19.7 Å². The van der Waals surface area contributed by atoms with Gasteiger partial charge >= 0.3 is 0 Å². The highest BCUT2D eigenvalue weighted by Gasteiger charge is 2.28. The van der Waals surface area contributed by atoms with Crippen molar-refractivity contribution in [2.75, 3.05) is 98.4 Å². The Bertz CT molecular complexity index is 930. The van der Waals surface area contributed by atoms with Crippen LogP contribution in [0.5, 0.6) is 0 Å². The van der Waals surface area contributed by atoms with Gasteiger partial charge in [0.15, 0.2) is 11.6 Å². The molecule has 8 nitrogen and oxygen atoms in total. The summed E-state index contributed by atoms with van der Waals surface area (Å²) in [6.07, 6.45) is 0. The molecule has 0 spiro atoms. The molecule has 3 aliphatic heterocycles. The number of rotatable bonds is 4. The summed E-state index contributed by atoms with van der Waals surface area (Å²) in [7, 11) is 0. The topological polar surface area (TPSA) is 57.2 Å². The number of morpholine rings is 2. The molecule has 178 valence electrons. The van der Waals surface area contributed by atoms with Gasteiger partial charge in [-0.15, -0.1) is 0 Å². The zero-order valence-electron chi connectivity index (χ0n) is 19.6. The zero-order valence-corrected chi connectivity index (χ0v) is 19.6. The second-order valence-corrected chi connectivity index (χ2v) is 8.88. The van der Waals surface area contributed by atoms with Crippen LogP contribution in [-0.4, -0.2) is 88.8 Å². The average Bonchev–Trinajstić information content (AvgIpc) is 2.87. The van der Waals surface area contributed by atoms with Crippen LogP contribution in [0.25, 0.3) is 0 Å². The molecule has 3 aliphatic rings. The quantitative estimate of drug-likeness (QED) is 0.695. The highest BCUT2D eigenvalue weighted by Crippen LogP contribution is 2.30. The highest BCUT2D eigenvalue weighted by molar-refractivity contribution is 5.60. The molecule has 2 aromatic rings. The van der Waals surface area contributed by atoms with Crippen LogP contribution in [0.2, 0.25) is 0 Å². The molecule has 3 fully saturated rings. The zero-order chi connectivity index (χ0) is 22.8. The third-order valence-corrected chi connectivity index (χ3v) is 6.90. The normalized spacial score (nSPS) is 19.8. The Labute approximate surface area is 194 Å². The van der Waals surface area contributed by atoms with E-state index in [4.69, 9.17) is 19.4 Å². The molecular weight excluding hydrogens is 423 g/mol. The fraction of sp³-hybridized carbons (Fsp3) is 0.583. The predicted molar refractivity (Wildman–Crippen MR) is 128 cm³/mol. The number of aromatic nitrogens is 2. The summed E-state index contributed by atoms with van der Waals surface area (Å²) in [5.41, 5.74) is 3.92. The molecule has 0 aliphatic carbocycles. The van der Waals surface area contributed by atoms with Crippen molar-refractivity contribution in [1.82, 2.24) is 9.97 Å². The number of halogens is 1. The van der Waals surface area contributed by atoms with Gasteiger partial charge in [0.25, 0.3) is 0 Å². The van der Waals surface area contributed by atoms with Crippen LogP contribution in [0.1, 0.15) is 11.1 Å². The van der Waals surface area contributed by atoms with E-state index in [0.29, 0.717) is 70.2 Å². The number of ether oxygens (including phenoxy) is 2. The second-order valence-electron chi connectivity index (χ2n) is 8.88. The molecule has 0 saturated carbocycles. The summed E-state index contributed by atoms with van der Waals surface area (Å²) in [6.45, 7) is 12.6. The Morgan fingerprint density at radius 2 is 1.21 bits per heavy atom. The van der Waals surface area contributed by atoms with E-state index >= 15 is 4.39 Å². The monoisotopic (exact) mass is 456 g/mol. The molecular formula is C24H33FN6O2. The minimum Gasteiger partial charge on any atom is -0.378 e. The number of piperazine rings is 1. The molecule has 4 heterocycles. The first-order valence-corrected chi connectivity index (χ1v) is 11.9. The number of benzene rings is 1. The van der Waals surface area contributed by atoms with E-state index in [9.17, 15) is 0 Å². The summed E-state index contributed by atoms with van der Waals surface area (Å²) >= 11 is 0. The van der Waals surface area contributed by atoms with Gasteiger partial charge in [-0.3, -0.25) is 0 Å². The van der Waals surface area contributed by atoms with Gasteiger partial charge in [0, 0.05) is 58.0 Å². The third-order valence-electron chi connectivity index (χ3n) is 6.90. The Kier molecular flexibility index (Phi) is 6.50. The molecule has 0 unspecified atom stereocenters. The van der Waals surface area contributed by atoms with Crippen LogP contribution in [0.15, 0.2) is 18.2 Å². The molecule has 33 heavy (non-hydrogen) atoms. The summed E-state index contributed by atoms with van der Waals surface area (Å²) in [5, 5.41) is 0. The van der Waals surface area contributed by atoms with Gasteiger partial charge in [-0.1, -0.05) is 12.1 Å².